The van der Waals surface area contributed by atoms with Crippen LogP contribution in [0.25, 0.3) is 22.4 Å². The lowest BCUT2D eigenvalue weighted by Crippen LogP contribution is -2.36. The molecule has 1 amide bonds. The van der Waals surface area contributed by atoms with Gasteiger partial charge in [0.05, 0.1) is 12.1 Å². The molecule has 146 valence electrons. The molecule has 5 rings (SSSR count). The molecule has 4 heterocycles. The number of carbonyl (C=O) groups excluding carboxylic acids is 1. The van der Waals surface area contributed by atoms with Crippen molar-refractivity contribution in [2.45, 2.75) is 26.4 Å². The lowest BCUT2D eigenvalue weighted by Gasteiger charge is -2.27. The van der Waals surface area contributed by atoms with Gasteiger partial charge in [0.1, 0.15) is 17.7 Å². The summed E-state index contributed by atoms with van der Waals surface area (Å²) in [4.78, 5) is 19.6. The van der Waals surface area contributed by atoms with E-state index in [1.165, 1.54) is 0 Å². The number of hydrogen-bond donors (Lipinski definition) is 0. The topological polar surface area (TPSA) is 81.7 Å². The van der Waals surface area contributed by atoms with Crippen molar-refractivity contribution in [2.75, 3.05) is 6.54 Å². The van der Waals surface area contributed by atoms with Gasteiger partial charge in [-0.1, -0.05) is 24.3 Å². The Morgan fingerprint density at radius 3 is 2.90 bits per heavy atom. The van der Waals surface area contributed by atoms with Crippen LogP contribution in [0.15, 0.2) is 42.7 Å². The molecule has 1 aliphatic heterocycles. The van der Waals surface area contributed by atoms with Gasteiger partial charge >= 0.3 is 0 Å². The minimum atomic E-state index is -0.0619. The standard InChI is InChI=1S/C21H21N7O/c1-3-27-13-22-24-20(27)19-15-12-28(11-10-18(15)26(2)25-19)21(29)17-9-8-14-6-4-5-7-16(14)23-17/h4-9,13H,3,10-12H2,1-2H3. The van der Waals surface area contributed by atoms with Crippen LogP contribution in [0.2, 0.25) is 0 Å². The molecule has 3 aromatic heterocycles. The van der Waals surface area contributed by atoms with Crippen molar-refractivity contribution in [1.29, 1.82) is 0 Å². The van der Waals surface area contributed by atoms with Crippen LogP contribution in [0.3, 0.4) is 0 Å². The Balaban J connectivity index is 1.49. The highest BCUT2D eigenvalue weighted by atomic mass is 16.2. The number of aryl methyl sites for hydroxylation is 2. The number of amides is 1. The zero-order chi connectivity index (χ0) is 20.0. The van der Waals surface area contributed by atoms with Gasteiger partial charge in [-0.15, -0.1) is 10.2 Å². The van der Waals surface area contributed by atoms with Crippen LogP contribution >= 0.6 is 0 Å². The van der Waals surface area contributed by atoms with Crippen molar-refractivity contribution in [3.05, 3.63) is 59.7 Å². The third kappa shape index (κ3) is 2.88. The summed E-state index contributed by atoms with van der Waals surface area (Å²) in [6, 6.07) is 11.6. The van der Waals surface area contributed by atoms with E-state index >= 15 is 0 Å². The zero-order valence-corrected chi connectivity index (χ0v) is 16.4. The SMILES string of the molecule is CCn1cnnc1-c1nn(C)c2c1CN(C(=O)c1ccc3ccccc3n1)CC2. The first kappa shape index (κ1) is 17.5. The molecule has 1 aliphatic rings. The number of rotatable bonds is 3. The number of benzene rings is 1. The van der Waals surface area contributed by atoms with Gasteiger partial charge in [0, 0.05) is 43.2 Å². The van der Waals surface area contributed by atoms with E-state index in [4.69, 9.17) is 5.10 Å². The van der Waals surface area contributed by atoms with Crippen molar-refractivity contribution in [3.8, 4) is 11.5 Å². The number of hydrogen-bond acceptors (Lipinski definition) is 5. The largest absolute Gasteiger partial charge is 0.332 e. The fourth-order valence-electron chi connectivity index (χ4n) is 3.96. The molecule has 0 aliphatic carbocycles. The van der Waals surface area contributed by atoms with Gasteiger partial charge in [0.15, 0.2) is 5.82 Å². The van der Waals surface area contributed by atoms with E-state index in [0.717, 1.165) is 46.6 Å². The summed E-state index contributed by atoms with van der Waals surface area (Å²) in [5.74, 6) is 0.677. The number of carbonyl (C=O) groups is 1. The van der Waals surface area contributed by atoms with Gasteiger partial charge in [-0.3, -0.25) is 9.48 Å². The van der Waals surface area contributed by atoms with E-state index in [9.17, 15) is 4.79 Å². The molecule has 8 nitrogen and oxygen atoms in total. The Kier molecular flexibility index (Phi) is 4.12. The zero-order valence-electron chi connectivity index (χ0n) is 16.4. The third-order valence-electron chi connectivity index (χ3n) is 5.52. The maximum Gasteiger partial charge on any atom is 0.272 e. The van der Waals surface area contributed by atoms with E-state index in [0.29, 0.717) is 18.8 Å². The molecule has 0 radical (unpaired) electrons. The van der Waals surface area contributed by atoms with Crippen LogP contribution < -0.4 is 0 Å². The maximum absolute atomic E-state index is 13.2. The molecule has 0 N–H and O–H groups in total. The van der Waals surface area contributed by atoms with Crippen LogP contribution in [0.4, 0.5) is 0 Å². The number of fused-ring (bicyclic) bond motifs is 2. The normalized spacial score (nSPS) is 13.7. The van der Waals surface area contributed by atoms with Gasteiger partial charge in [-0.05, 0) is 19.1 Å². The number of pyridine rings is 1. The Labute approximate surface area is 167 Å². The van der Waals surface area contributed by atoms with Crippen LogP contribution in [0, 0.1) is 0 Å². The third-order valence-corrected chi connectivity index (χ3v) is 5.52. The lowest BCUT2D eigenvalue weighted by atomic mass is 10.0. The van der Waals surface area contributed by atoms with Crippen molar-refractivity contribution >= 4 is 16.8 Å². The second kappa shape index (κ2) is 6.80. The Hall–Kier alpha value is -3.55. The minimum absolute atomic E-state index is 0.0619. The van der Waals surface area contributed by atoms with Gasteiger partial charge in [-0.25, -0.2) is 4.98 Å². The Morgan fingerprint density at radius 1 is 1.17 bits per heavy atom. The van der Waals surface area contributed by atoms with E-state index in [1.807, 2.05) is 58.5 Å². The number of aromatic nitrogens is 6. The highest BCUT2D eigenvalue weighted by Crippen LogP contribution is 2.29. The van der Waals surface area contributed by atoms with Gasteiger partial charge in [-0.2, -0.15) is 5.10 Å². The molecule has 4 aromatic rings. The first-order valence-corrected chi connectivity index (χ1v) is 9.73. The summed E-state index contributed by atoms with van der Waals surface area (Å²) in [6.45, 7) is 3.93. The highest BCUT2D eigenvalue weighted by molar-refractivity contribution is 5.95. The fourth-order valence-corrected chi connectivity index (χ4v) is 3.96. The molecule has 0 fully saturated rings. The molecule has 1 aromatic carbocycles. The van der Waals surface area contributed by atoms with Gasteiger partial charge in [0.2, 0.25) is 0 Å². The molecular formula is C21H21N7O. The minimum Gasteiger partial charge on any atom is -0.332 e. The average molecular weight is 387 g/mol. The molecule has 0 atom stereocenters. The number of para-hydroxylation sites is 1. The quantitative estimate of drug-likeness (QED) is 0.539. The smallest absolute Gasteiger partial charge is 0.272 e. The summed E-state index contributed by atoms with van der Waals surface area (Å²) in [7, 11) is 1.94. The molecular weight excluding hydrogens is 366 g/mol. The second-order valence-electron chi connectivity index (χ2n) is 7.20. The van der Waals surface area contributed by atoms with Crippen molar-refractivity contribution < 1.29 is 4.79 Å². The van der Waals surface area contributed by atoms with E-state index in [1.54, 1.807) is 12.4 Å². The van der Waals surface area contributed by atoms with E-state index in [2.05, 4.69) is 15.2 Å². The van der Waals surface area contributed by atoms with Crippen LogP contribution in [-0.4, -0.2) is 46.9 Å². The maximum atomic E-state index is 13.2. The second-order valence-corrected chi connectivity index (χ2v) is 7.20. The first-order valence-electron chi connectivity index (χ1n) is 9.73. The molecule has 8 heteroatoms. The van der Waals surface area contributed by atoms with Crippen LogP contribution in [0.1, 0.15) is 28.7 Å². The lowest BCUT2D eigenvalue weighted by molar-refractivity contribution is 0.0728. The average Bonchev–Trinajstić information content (AvgIpc) is 3.36. The Bertz CT molecular complexity index is 1220. The fraction of sp³-hybridized carbons (Fsp3) is 0.286. The summed E-state index contributed by atoms with van der Waals surface area (Å²) < 4.78 is 3.86. The van der Waals surface area contributed by atoms with Crippen molar-refractivity contribution in [3.63, 3.8) is 0 Å². The molecule has 0 saturated carbocycles. The summed E-state index contributed by atoms with van der Waals surface area (Å²) in [5, 5.41) is 14.0. The van der Waals surface area contributed by atoms with Crippen molar-refractivity contribution in [1.82, 2.24) is 34.4 Å². The molecule has 29 heavy (non-hydrogen) atoms. The molecule has 0 unspecified atom stereocenters. The summed E-state index contributed by atoms with van der Waals surface area (Å²) >= 11 is 0. The monoisotopic (exact) mass is 387 g/mol. The van der Waals surface area contributed by atoms with Crippen molar-refractivity contribution in [2.24, 2.45) is 7.05 Å². The molecule has 0 saturated heterocycles. The molecule has 0 spiro atoms. The van der Waals surface area contributed by atoms with E-state index < -0.39 is 0 Å². The predicted molar refractivity (Wildman–Crippen MR) is 108 cm³/mol. The van der Waals surface area contributed by atoms with E-state index in [-0.39, 0.29) is 5.91 Å². The van der Waals surface area contributed by atoms with Gasteiger partial charge in [0.25, 0.3) is 5.91 Å². The first-order chi connectivity index (χ1) is 14.2. The summed E-state index contributed by atoms with van der Waals surface area (Å²) in [6.07, 6.45) is 2.46. The van der Waals surface area contributed by atoms with Crippen LogP contribution in [-0.2, 0) is 26.6 Å². The molecule has 0 bridgehead atoms. The highest BCUT2D eigenvalue weighted by Gasteiger charge is 2.29. The van der Waals surface area contributed by atoms with Gasteiger partial charge < -0.3 is 9.47 Å². The summed E-state index contributed by atoms with van der Waals surface area (Å²) in [5.41, 5.74) is 4.27. The Morgan fingerprint density at radius 2 is 2.03 bits per heavy atom. The number of nitrogens with zero attached hydrogens (tertiary/aromatic N) is 7. The van der Waals surface area contributed by atoms with Crippen LogP contribution in [0.5, 0.6) is 0 Å². The predicted octanol–water partition coefficient (Wildman–Crippen LogP) is 2.45.